The van der Waals surface area contributed by atoms with Crippen LogP contribution in [0.4, 0.5) is 18.9 Å². The van der Waals surface area contributed by atoms with Crippen molar-refractivity contribution in [3.05, 3.63) is 94.2 Å². The van der Waals surface area contributed by atoms with E-state index in [1.807, 2.05) is 56.3 Å². The van der Waals surface area contributed by atoms with Crippen LogP contribution in [0.3, 0.4) is 0 Å². The Morgan fingerprint density at radius 2 is 1.87 bits per heavy atom. The third-order valence-electron chi connectivity index (χ3n) is 7.04. The van der Waals surface area contributed by atoms with Gasteiger partial charge in [-0.15, -0.1) is 18.3 Å². The molecule has 0 saturated carbocycles. The molecule has 244 valence electrons. The van der Waals surface area contributed by atoms with E-state index in [4.69, 9.17) is 12.2 Å². The van der Waals surface area contributed by atoms with Crippen molar-refractivity contribution in [3.63, 3.8) is 0 Å². The lowest BCUT2D eigenvalue weighted by Gasteiger charge is -2.22. The highest BCUT2D eigenvalue weighted by Crippen LogP contribution is 2.34. The van der Waals surface area contributed by atoms with Crippen molar-refractivity contribution >= 4 is 67.9 Å². The van der Waals surface area contributed by atoms with Crippen LogP contribution >= 0.6 is 39.9 Å². The van der Waals surface area contributed by atoms with Crippen LogP contribution in [0.25, 0.3) is 23.2 Å². The molecule has 1 saturated heterocycles. The second-order valence-corrected chi connectivity index (χ2v) is 13.3. The molecule has 0 bridgehead atoms. The second kappa shape index (κ2) is 14.4. The van der Waals surface area contributed by atoms with E-state index in [-0.39, 0.29) is 28.7 Å². The summed E-state index contributed by atoms with van der Waals surface area (Å²) in [4.78, 5) is 23.6. The molecule has 0 aliphatic carbocycles. The van der Waals surface area contributed by atoms with Crippen molar-refractivity contribution in [3.8, 4) is 22.8 Å². The molecule has 0 spiro atoms. The fourth-order valence-electron chi connectivity index (χ4n) is 4.76. The molecule has 1 N–H and O–H groups in total. The van der Waals surface area contributed by atoms with E-state index >= 15 is 0 Å². The third kappa shape index (κ3) is 8.67. The van der Waals surface area contributed by atoms with Gasteiger partial charge in [0.05, 0.1) is 23.2 Å². The van der Waals surface area contributed by atoms with E-state index in [1.165, 1.54) is 47.0 Å². The maximum absolute atomic E-state index is 12.9. The number of thiocarbonyl (C=S) groups is 1. The standard InChI is InChI=1S/C33H30BrF3N6O2S2/c1-19(2)26-13-8-20(3)14-28(26)43-29(44)17-47-32(43)40-31(46)39-21(4)27(34)16-22-6-5-7-23(15-22)30-38-18-42(41-30)24-9-11-25(12-10-24)45-33(35,36)37/h5-16,18-19,21H,17H2,1-4H3,(H,39,46)/b27-16+,40-32-. The van der Waals surface area contributed by atoms with Gasteiger partial charge in [0, 0.05) is 10.0 Å². The van der Waals surface area contributed by atoms with Gasteiger partial charge in [-0.25, -0.2) is 9.67 Å². The van der Waals surface area contributed by atoms with Crippen molar-refractivity contribution in [2.45, 2.75) is 46.0 Å². The van der Waals surface area contributed by atoms with E-state index in [0.717, 1.165) is 32.4 Å². The molecule has 4 aromatic rings. The molecule has 1 amide bonds. The van der Waals surface area contributed by atoms with Crippen molar-refractivity contribution in [1.29, 1.82) is 0 Å². The van der Waals surface area contributed by atoms with Gasteiger partial charge in [0.1, 0.15) is 12.1 Å². The molecule has 1 unspecified atom stereocenters. The molecule has 14 heteroatoms. The molecule has 5 rings (SSSR count). The number of ether oxygens (including phenoxy) is 1. The van der Waals surface area contributed by atoms with Crippen LogP contribution in [0.5, 0.6) is 5.75 Å². The molecule has 1 aromatic heterocycles. The normalized spacial score (nSPS) is 15.4. The zero-order valence-corrected chi connectivity index (χ0v) is 29.0. The molecule has 1 aliphatic heterocycles. The molecular weight excluding hydrogens is 713 g/mol. The topological polar surface area (TPSA) is 84.6 Å². The number of nitrogens with zero attached hydrogens (tertiary/aromatic N) is 5. The minimum absolute atomic E-state index is 0.0363. The zero-order valence-electron chi connectivity index (χ0n) is 25.7. The number of aryl methyl sites for hydroxylation is 1. The van der Waals surface area contributed by atoms with Gasteiger partial charge in [-0.3, -0.25) is 9.69 Å². The number of anilines is 1. The number of hydrogen-bond donors (Lipinski definition) is 1. The van der Waals surface area contributed by atoms with Crippen LogP contribution in [-0.4, -0.2) is 49.1 Å². The van der Waals surface area contributed by atoms with E-state index in [1.54, 1.807) is 4.90 Å². The molecule has 3 aromatic carbocycles. The number of halogens is 4. The minimum Gasteiger partial charge on any atom is -0.406 e. The Labute approximate surface area is 288 Å². The van der Waals surface area contributed by atoms with E-state index in [2.05, 4.69) is 61.0 Å². The number of carbonyl (C=O) groups is 1. The van der Waals surface area contributed by atoms with Crippen LogP contribution in [0, 0.1) is 6.92 Å². The van der Waals surface area contributed by atoms with E-state index in [9.17, 15) is 18.0 Å². The number of aromatic nitrogens is 3. The number of hydrogen-bond acceptors (Lipinski definition) is 6. The summed E-state index contributed by atoms with van der Waals surface area (Å²) in [6, 6.07) is 18.8. The van der Waals surface area contributed by atoms with Gasteiger partial charge >= 0.3 is 6.36 Å². The molecule has 2 heterocycles. The predicted octanol–water partition coefficient (Wildman–Crippen LogP) is 8.40. The fourth-order valence-corrected chi connectivity index (χ4v) is 6.33. The number of amides is 1. The second-order valence-electron chi connectivity index (χ2n) is 11.0. The monoisotopic (exact) mass is 742 g/mol. The highest BCUT2D eigenvalue weighted by molar-refractivity contribution is 9.11. The van der Waals surface area contributed by atoms with Crippen molar-refractivity contribution in [1.82, 2.24) is 20.1 Å². The summed E-state index contributed by atoms with van der Waals surface area (Å²) in [6.45, 7) is 8.13. The van der Waals surface area contributed by atoms with Gasteiger partial charge in [0.15, 0.2) is 16.1 Å². The van der Waals surface area contributed by atoms with Crippen LogP contribution in [-0.2, 0) is 4.79 Å². The molecule has 47 heavy (non-hydrogen) atoms. The average molecular weight is 744 g/mol. The molecule has 1 atom stereocenters. The molecule has 8 nitrogen and oxygen atoms in total. The summed E-state index contributed by atoms with van der Waals surface area (Å²) in [5.74, 6) is 0.603. The van der Waals surface area contributed by atoms with Gasteiger partial charge in [-0.2, -0.15) is 4.99 Å². The Kier molecular flexibility index (Phi) is 10.5. The van der Waals surface area contributed by atoms with Crippen molar-refractivity contribution in [2.24, 2.45) is 4.99 Å². The molecular formula is C33H30BrF3N6O2S2. The van der Waals surface area contributed by atoms with E-state index < -0.39 is 6.36 Å². The van der Waals surface area contributed by atoms with Gasteiger partial charge in [-0.1, -0.05) is 71.9 Å². The fraction of sp³-hybridized carbons (Fsp3) is 0.242. The van der Waals surface area contributed by atoms with Gasteiger partial charge in [0.2, 0.25) is 5.91 Å². The SMILES string of the molecule is Cc1ccc(C(C)C)c(N2C(=O)CS/C2=N\C(=S)NC(C)/C(Br)=C\c2cccc(-c3ncn(-c4ccc(OC(F)(F)F)cc4)n3)c2)c1. The maximum Gasteiger partial charge on any atom is 0.573 e. The Balaban J connectivity index is 1.27. The number of rotatable bonds is 8. The Hall–Kier alpha value is -4.01. The lowest BCUT2D eigenvalue weighted by atomic mass is 9.99. The molecule has 1 aliphatic rings. The Morgan fingerprint density at radius 3 is 2.57 bits per heavy atom. The first kappa shape index (κ1) is 34.3. The largest absolute Gasteiger partial charge is 0.573 e. The minimum atomic E-state index is -4.76. The van der Waals surface area contributed by atoms with Crippen molar-refractivity contribution < 1.29 is 22.7 Å². The van der Waals surface area contributed by atoms with E-state index in [0.29, 0.717) is 22.4 Å². The number of thioether (sulfide) groups is 1. The quantitative estimate of drug-likeness (QED) is 0.182. The smallest absolute Gasteiger partial charge is 0.406 e. The van der Waals surface area contributed by atoms with Crippen LogP contribution in [0.2, 0.25) is 0 Å². The Morgan fingerprint density at radius 1 is 1.13 bits per heavy atom. The summed E-state index contributed by atoms with van der Waals surface area (Å²) >= 11 is 10.6. The summed E-state index contributed by atoms with van der Waals surface area (Å²) in [7, 11) is 0. The molecule has 1 fully saturated rings. The summed E-state index contributed by atoms with van der Waals surface area (Å²) in [5.41, 5.74) is 5.09. The Bertz CT molecular complexity index is 1860. The van der Waals surface area contributed by atoms with Crippen LogP contribution < -0.4 is 15.0 Å². The highest BCUT2D eigenvalue weighted by Gasteiger charge is 2.32. The number of benzene rings is 3. The number of alkyl halides is 3. The zero-order chi connectivity index (χ0) is 33.9. The maximum atomic E-state index is 12.9. The average Bonchev–Trinajstić information content (AvgIpc) is 3.63. The van der Waals surface area contributed by atoms with Gasteiger partial charge < -0.3 is 10.1 Å². The predicted molar refractivity (Wildman–Crippen MR) is 188 cm³/mol. The first-order valence-corrected chi connectivity index (χ1v) is 16.7. The van der Waals surface area contributed by atoms with Crippen LogP contribution in [0.1, 0.15) is 43.4 Å². The summed E-state index contributed by atoms with van der Waals surface area (Å²) in [6.07, 6.45) is -1.33. The summed E-state index contributed by atoms with van der Waals surface area (Å²) in [5, 5.41) is 8.51. The number of aliphatic imine (C=N–C) groups is 1. The lowest BCUT2D eigenvalue weighted by molar-refractivity contribution is -0.274. The lowest BCUT2D eigenvalue weighted by Crippen LogP contribution is -2.34. The van der Waals surface area contributed by atoms with Crippen LogP contribution in [0.15, 0.2) is 82.5 Å². The number of carbonyl (C=O) groups excluding carboxylic acids is 1. The third-order valence-corrected chi connectivity index (χ3v) is 9.09. The van der Waals surface area contributed by atoms with Gasteiger partial charge in [0.25, 0.3) is 0 Å². The number of amidine groups is 1. The molecule has 0 radical (unpaired) electrons. The van der Waals surface area contributed by atoms with Crippen molar-refractivity contribution in [2.75, 3.05) is 10.7 Å². The van der Waals surface area contributed by atoms with Gasteiger partial charge in [-0.05, 0) is 91.1 Å². The number of nitrogens with one attached hydrogen (secondary N) is 1. The highest BCUT2D eigenvalue weighted by atomic mass is 79.9. The summed E-state index contributed by atoms with van der Waals surface area (Å²) < 4.78 is 43.6. The first-order valence-electron chi connectivity index (χ1n) is 14.5. The first-order chi connectivity index (χ1) is 22.3.